The lowest BCUT2D eigenvalue weighted by Crippen LogP contribution is -2.55. The van der Waals surface area contributed by atoms with Gasteiger partial charge in [0.05, 0.1) is 24.9 Å². The lowest BCUT2D eigenvalue weighted by molar-refractivity contribution is -0.130. The van der Waals surface area contributed by atoms with Crippen LogP contribution in [0, 0.1) is 5.92 Å². The van der Waals surface area contributed by atoms with Crippen LogP contribution in [-0.4, -0.2) is 67.5 Å². The summed E-state index contributed by atoms with van der Waals surface area (Å²) in [6.45, 7) is 10.5. The van der Waals surface area contributed by atoms with Crippen LogP contribution >= 0.6 is 0 Å². The molecule has 0 unspecified atom stereocenters. The van der Waals surface area contributed by atoms with Gasteiger partial charge in [-0.3, -0.25) is 9.69 Å². The molecular formula is C20H33N3O3. The zero-order chi connectivity index (χ0) is 19.3. The van der Waals surface area contributed by atoms with E-state index in [1.54, 1.807) is 0 Å². The molecule has 0 aliphatic carbocycles. The number of hydrogen-bond donors (Lipinski definition) is 2. The van der Waals surface area contributed by atoms with Crippen LogP contribution in [0.5, 0.6) is 0 Å². The molecule has 0 aromatic heterocycles. The number of rotatable bonds is 7. The summed E-state index contributed by atoms with van der Waals surface area (Å²) in [7, 11) is 1.93. The fourth-order valence-corrected chi connectivity index (χ4v) is 3.63. The zero-order valence-corrected chi connectivity index (χ0v) is 16.6. The number of aliphatic hydroxyl groups is 1. The molecule has 6 heteroatoms. The van der Waals surface area contributed by atoms with Crippen molar-refractivity contribution in [1.29, 1.82) is 0 Å². The minimum Gasteiger partial charge on any atom is -0.395 e. The first-order valence-electron chi connectivity index (χ1n) is 9.44. The van der Waals surface area contributed by atoms with Gasteiger partial charge in [-0.05, 0) is 44.0 Å². The summed E-state index contributed by atoms with van der Waals surface area (Å²) in [6.07, 6.45) is 0.267. The van der Waals surface area contributed by atoms with E-state index in [4.69, 9.17) is 9.84 Å². The molecule has 1 aromatic carbocycles. The van der Waals surface area contributed by atoms with E-state index in [0.717, 1.165) is 24.5 Å². The number of morpholine rings is 1. The van der Waals surface area contributed by atoms with Crippen LogP contribution in [0.15, 0.2) is 24.3 Å². The predicted octanol–water partition coefficient (Wildman–Crippen LogP) is 2.19. The molecule has 1 aliphatic rings. The highest BCUT2D eigenvalue weighted by Gasteiger charge is 2.34. The van der Waals surface area contributed by atoms with Gasteiger partial charge < -0.3 is 20.1 Å². The number of benzene rings is 1. The lowest BCUT2D eigenvalue weighted by atomic mass is 9.99. The Morgan fingerprint density at radius 1 is 1.27 bits per heavy atom. The molecule has 0 radical (unpaired) electrons. The third kappa shape index (κ3) is 5.43. The Morgan fingerprint density at radius 2 is 1.85 bits per heavy atom. The van der Waals surface area contributed by atoms with Crippen LogP contribution in [0.4, 0.5) is 11.4 Å². The van der Waals surface area contributed by atoms with Gasteiger partial charge in [-0.15, -0.1) is 0 Å². The number of amides is 1. The van der Waals surface area contributed by atoms with Crippen LogP contribution < -0.4 is 10.2 Å². The van der Waals surface area contributed by atoms with Gasteiger partial charge in [0.1, 0.15) is 0 Å². The third-order valence-electron chi connectivity index (χ3n) is 4.75. The van der Waals surface area contributed by atoms with E-state index in [-0.39, 0.29) is 36.7 Å². The van der Waals surface area contributed by atoms with Gasteiger partial charge in [0.25, 0.3) is 0 Å². The van der Waals surface area contributed by atoms with Crippen LogP contribution in [0.3, 0.4) is 0 Å². The number of carbonyl (C=O) groups excluding carboxylic acids is 1. The molecule has 1 saturated heterocycles. The van der Waals surface area contributed by atoms with Crippen LogP contribution in [0.1, 0.15) is 27.7 Å². The topological polar surface area (TPSA) is 65.0 Å². The second-order valence-electron chi connectivity index (χ2n) is 7.58. The number of hydrogen-bond acceptors (Lipinski definition) is 5. The molecule has 6 nitrogen and oxygen atoms in total. The summed E-state index contributed by atoms with van der Waals surface area (Å²) >= 11 is 0. The minimum atomic E-state index is -0.180. The quantitative estimate of drug-likeness (QED) is 0.777. The fourth-order valence-electron chi connectivity index (χ4n) is 3.63. The molecule has 1 fully saturated rings. The maximum Gasteiger partial charge on any atom is 0.241 e. The van der Waals surface area contributed by atoms with Crippen molar-refractivity contribution >= 4 is 17.3 Å². The van der Waals surface area contributed by atoms with Gasteiger partial charge in [0.2, 0.25) is 5.91 Å². The molecule has 1 aromatic rings. The first-order chi connectivity index (χ1) is 12.3. The number of ether oxygens (including phenoxy) is 1. The highest BCUT2D eigenvalue weighted by Crippen LogP contribution is 2.21. The monoisotopic (exact) mass is 363 g/mol. The Bertz CT molecular complexity index is 566. The van der Waals surface area contributed by atoms with Crippen molar-refractivity contribution in [2.75, 3.05) is 43.5 Å². The summed E-state index contributed by atoms with van der Waals surface area (Å²) in [5.74, 6) is 0.236. The van der Waals surface area contributed by atoms with E-state index < -0.39 is 0 Å². The van der Waals surface area contributed by atoms with E-state index in [1.165, 1.54) is 0 Å². The van der Waals surface area contributed by atoms with E-state index in [0.29, 0.717) is 6.54 Å². The van der Waals surface area contributed by atoms with Gasteiger partial charge in [-0.2, -0.15) is 0 Å². The number of nitrogens with zero attached hydrogens (tertiary/aromatic N) is 2. The Balaban J connectivity index is 2.05. The SMILES string of the molecule is CC(C)[C@H](C(=O)Nc1ccc(N(C)CCO)cc1)N1C[C@@H](C)O[C@@H](C)C1. The summed E-state index contributed by atoms with van der Waals surface area (Å²) in [6, 6.07) is 7.54. The van der Waals surface area contributed by atoms with Gasteiger partial charge in [-0.25, -0.2) is 0 Å². The first kappa shape index (κ1) is 20.7. The molecule has 1 aliphatic heterocycles. The van der Waals surface area contributed by atoms with Crippen molar-refractivity contribution in [2.24, 2.45) is 5.92 Å². The number of aliphatic hydroxyl groups excluding tert-OH is 1. The molecule has 2 rings (SSSR count). The van der Waals surface area contributed by atoms with Gasteiger partial charge in [-0.1, -0.05) is 13.8 Å². The van der Waals surface area contributed by atoms with Crippen LogP contribution in [-0.2, 0) is 9.53 Å². The smallest absolute Gasteiger partial charge is 0.241 e. The molecule has 0 spiro atoms. The van der Waals surface area contributed by atoms with Crippen LogP contribution in [0.2, 0.25) is 0 Å². The molecule has 0 saturated carbocycles. The molecule has 0 bridgehead atoms. The standard InChI is InChI=1S/C20H33N3O3/c1-14(2)19(23-12-15(3)26-16(4)13-23)20(25)21-17-6-8-18(9-7-17)22(5)10-11-24/h6-9,14-16,19,24H,10-13H2,1-5H3,(H,21,25)/t15-,16+,19-/m1/s1. The van der Waals surface area contributed by atoms with Gasteiger partial charge in [0, 0.05) is 38.1 Å². The predicted molar refractivity (Wildman–Crippen MR) is 106 cm³/mol. The maximum absolute atomic E-state index is 13.0. The number of nitrogens with one attached hydrogen (secondary N) is 1. The number of anilines is 2. The Morgan fingerprint density at radius 3 is 2.35 bits per heavy atom. The summed E-state index contributed by atoms with van der Waals surface area (Å²) in [4.78, 5) is 17.2. The molecule has 1 heterocycles. The van der Waals surface area contributed by atoms with Crippen molar-refractivity contribution in [2.45, 2.75) is 45.9 Å². The van der Waals surface area contributed by atoms with Gasteiger partial charge in [0.15, 0.2) is 0 Å². The summed E-state index contributed by atoms with van der Waals surface area (Å²) < 4.78 is 5.80. The largest absolute Gasteiger partial charge is 0.395 e. The molecule has 26 heavy (non-hydrogen) atoms. The molecule has 3 atom stereocenters. The third-order valence-corrected chi connectivity index (χ3v) is 4.75. The molecular weight excluding hydrogens is 330 g/mol. The average molecular weight is 364 g/mol. The Kier molecular flexibility index (Phi) is 7.43. The van der Waals surface area contributed by atoms with E-state index in [9.17, 15) is 4.79 Å². The van der Waals surface area contributed by atoms with Crippen molar-refractivity contribution in [3.8, 4) is 0 Å². The fraction of sp³-hybridized carbons (Fsp3) is 0.650. The second-order valence-corrected chi connectivity index (χ2v) is 7.58. The average Bonchev–Trinajstić information content (AvgIpc) is 2.54. The minimum absolute atomic E-state index is 0.0257. The van der Waals surface area contributed by atoms with E-state index in [1.807, 2.05) is 36.2 Å². The molecule has 146 valence electrons. The van der Waals surface area contributed by atoms with Crippen molar-refractivity contribution < 1.29 is 14.6 Å². The number of likely N-dealkylation sites (N-methyl/N-ethyl adjacent to an activating group) is 1. The maximum atomic E-state index is 13.0. The van der Waals surface area contributed by atoms with E-state index >= 15 is 0 Å². The van der Waals surface area contributed by atoms with E-state index in [2.05, 4.69) is 37.9 Å². The van der Waals surface area contributed by atoms with Crippen molar-refractivity contribution in [1.82, 2.24) is 4.90 Å². The van der Waals surface area contributed by atoms with Gasteiger partial charge >= 0.3 is 0 Å². The normalized spacial score (nSPS) is 22.3. The lowest BCUT2D eigenvalue weighted by Gasteiger charge is -2.41. The highest BCUT2D eigenvalue weighted by atomic mass is 16.5. The first-order valence-corrected chi connectivity index (χ1v) is 9.44. The summed E-state index contributed by atoms with van der Waals surface area (Å²) in [5.41, 5.74) is 1.80. The van der Waals surface area contributed by atoms with Crippen molar-refractivity contribution in [3.05, 3.63) is 24.3 Å². The summed E-state index contributed by atoms with van der Waals surface area (Å²) in [5, 5.41) is 12.1. The second kappa shape index (κ2) is 9.35. The highest BCUT2D eigenvalue weighted by molar-refractivity contribution is 5.95. The van der Waals surface area contributed by atoms with Crippen LogP contribution in [0.25, 0.3) is 0 Å². The zero-order valence-electron chi connectivity index (χ0n) is 16.6. The molecule has 2 N–H and O–H groups in total. The number of carbonyl (C=O) groups is 1. The molecule has 1 amide bonds. The Hall–Kier alpha value is -1.63. The van der Waals surface area contributed by atoms with Crippen molar-refractivity contribution in [3.63, 3.8) is 0 Å². The Labute approximate surface area is 157 Å².